The number of phenolic OH excluding ortho intramolecular Hbond substituents is 1. The molecule has 18 heavy (non-hydrogen) atoms. The lowest BCUT2D eigenvalue weighted by Gasteiger charge is -2.12. The number of aromatic hydroxyl groups is 1. The molecule has 0 aliphatic heterocycles. The summed E-state index contributed by atoms with van der Waals surface area (Å²) in [6, 6.07) is 15.0. The van der Waals surface area contributed by atoms with E-state index in [2.05, 4.69) is 0 Å². The maximum Gasteiger partial charge on any atom is 0.115 e. The van der Waals surface area contributed by atoms with Crippen molar-refractivity contribution < 1.29 is 5.11 Å². The molecule has 0 aliphatic rings. The van der Waals surface area contributed by atoms with Crippen molar-refractivity contribution in [3.8, 4) is 5.75 Å². The van der Waals surface area contributed by atoms with Crippen molar-refractivity contribution in [1.29, 1.82) is 0 Å². The van der Waals surface area contributed by atoms with Gasteiger partial charge in [0.25, 0.3) is 0 Å². The Bertz CT molecular complexity index is 445. The lowest BCUT2D eigenvalue weighted by atomic mass is 10.00. The van der Waals surface area contributed by atoms with Gasteiger partial charge in [0.05, 0.1) is 0 Å². The molecule has 3 N–H and O–H groups in total. The maximum atomic E-state index is 9.21. The third-order valence-corrected chi connectivity index (χ3v) is 3.10. The Labute approximate surface area is 112 Å². The Balaban J connectivity index is 1.94. The number of phenols is 1. The van der Waals surface area contributed by atoms with Crippen LogP contribution in [0.3, 0.4) is 0 Å². The van der Waals surface area contributed by atoms with Gasteiger partial charge in [-0.1, -0.05) is 35.9 Å². The van der Waals surface area contributed by atoms with E-state index in [-0.39, 0.29) is 11.8 Å². The van der Waals surface area contributed by atoms with Gasteiger partial charge in [0, 0.05) is 11.1 Å². The van der Waals surface area contributed by atoms with Crippen LogP contribution in [0.4, 0.5) is 0 Å². The van der Waals surface area contributed by atoms with Crippen LogP contribution in [0, 0.1) is 0 Å². The van der Waals surface area contributed by atoms with Crippen molar-refractivity contribution in [2.45, 2.75) is 18.9 Å². The number of halogens is 1. The number of benzene rings is 2. The Morgan fingerprint density at radius 2 is 1.33 bits per heavy atom. The molecular formula is C15H16ClNO. The average Bonchev–Trinajstić information content (AvgIpc) is 2.35. The molecular weight excluding hydrogens is 246 g/mol. The van der Waals surface area contributed by atoms with Crippen molar-refractivity contribution in [3.05, 3.63) is 64.7 Å². The van der Waals surface area contributed by atoms with Crippen LogP contribution in [0.15, 0.2) is 48.5 Å². The molecule has 0 aliphatic carbocycles. The summed E-state index contributed by atoms with van der Waals surface area (Å²) in [5.74, 6) is 0.282. The summed E-state index contributed by atoms with van der Waals surface area (Å²) < 4.78 is 0. The lowest BCUT2D eigenvalue weighted by Crippen LogP contribution is -2.25. The molecule has 2 rings (SSSR count). The summed E-state index contributed by atoms with van der Waals surface area (Å²) in [6.45, 7) is 0. The van der Waals surface area contributed by atoms with E-state index in [1.54, 1.807) is 12.1 Å². The molecule has 0 spiro atoms. The fourth-order valence-corrected chi connectivity index (χ4v) is 2.06. The normalized spacial score (nSPS) is 12.3. The van der Waals surface area contributed by atoms with Crippen LogP contribution >= 0.6 is 11.6 Å². The van der Waals surface area contributed by atoms with E-state index in [9.17, 15) is 5.11 Å². The zero-order valence-corrected chi connectivity index (χ0v) is 10.8. The van der Waals surface area contributed by atoms with E-state index in [1.165, 1.54) is 5.56 Å². The van der Waals surface area contributed by atoms with E-state index in [0.717, 1.165) is 23.4 Å². The Morgan fingerprint density at radius 3 is 1.83 bits per heavy atom. The smallest absolute Gasteiger partial charge is 0.115 e. The summed E-state index contributed by atoms with van der Waals surface area (Å²) in [6.07, 6.45) is 1.61. The van der Waals surface area contributed by atoms with Crippen molar-refractivity contribution >= 4 is 11.6 Å². The fraction of sp³-hybridized carbons (Fsp3) is 0.200. The topological polar surface area (TPSA) is 46.2 Å². The third kappa shape index (κ3) is 3.76. The zero-order valence-electron chi connectivity index (χ0n) is 10.0. The molecule has 0 fully saturated rings. The summed E-state index contributed by atoms with van der Waals surface area (Å²) in [5.41, 5.74) is 8.44. The Morgan fingerprint density at radius 1 is 0.889 bits per heavy atom. The van der Waals surface area contributed by atoms with E-state index >= 15 is 0 Å². The highest BCUT2D eigenvalue weighted by Gasteiger charge is 2.05. The highest BCUT2D eigenvalue weighted by molar-refractivity contribution is 6.30. The molecule has 3 heteroatoms. The molecule has 0 saturated carbocycles. The molecule has 2 nitrogen and oxygen atoms in total. The first-order valence-electron chi connectivity index (χ1n) is 5.91. The lowest BCUT2D eigenvalue weighted by molar-refractivity contribution is 0.475. The standard InChI is InChI=1S/C15H16ClNO/c16-13-5-1-11(2-6-13)9-14(17)10-12-3-7-15(18)8-4-12/h1-8,14,18H,9-10,17H2. The van der Waals surface area contributed by atoms with Crippen molar-refractivity contribution in [3.63, 3.8) is 0 Å². The second-order valence-corrected chi connectivity index (χ2v) is 4.90. The maximum absolute atomic E-state index is 9.21. The molecule has 94 valence electrons. The van der Waals surface area contributed by atoms with Crippen LogP contribution < -0.4 is 5.73 Å². The Hall–Kier alpha value is -1.51. The van der Waals surface area contributed by atoms with E-state index < -0.39 is 0 Å². The first-order chi connectivity index (χ1) is 8.63. The number of nitrogens with two attached hydrogens (primary N) is 1. The van der Waals surface area contributed by atoms with Crippen molar-refractivity contribution in [2.24, 2.45) is 5.73 Å². The Kier molecular flexibility index (Phi) is 4.24. The van der Waals surface area contributed by atoms with Crippen LogP contribution in [0.2, 0.25) is 5.02 Å². The molecule has 1 unspecified atom stereocenters. The number of hydrogen-bond acceptors (Lipinski definition) is 2. The monoisotopic (exact) mass is 261 g/mol. The second kappa shape index (κ2) is 5.89. The van der Waals surface area contributed by atoms with Gasteiger partial charge in [0.1, 0.15) is 5.75 Å². The molecule has 0 radical (unpaired) electrons. The van der Waals surface area contributed by atoms with Gasteiger partial charge in [0.15, 0.2) is 0 Å². The molecule has 0 bridgehead atoms. The minimum Gasteiger partial charge on any atom is -0.508 e. The van der Waals surface area contributed by atoms with Gasteiger partial charge >= 0.3 is 0 Å². The number of rotatable bonds is 4. The molecule has 2 aromatic rings. The zero-order chi connectivity index (χ0) is 13.0. The predicted octanol–water partition coefficient (Wildman–Crippen LogP) is 3.16. The molecule has 0 aromatic heterocycles. The van der Waals surface area contributed by atoms with Gasteiger partial charge < -0.3 is 10.8 Å². The predicted molar refractivity (Wildman–Crippen MR) is 74.9 cm³/mol. The largest absolute Gasteiger partial charge is 0.508 e. The molecule has 0 saturated heterocycles. The average molecular weight is 262 g/mol. The van der Waals surface area contributed by atoms with Crippen LogP contribution in [0.5, 0.6) is 5.75 Å². The first kappa shape index (κ1) is 12.9. The van der Waals surface area contributed by atoms with Gasteiger partial charge in [-0.05, 0) is 48.2 Å². The van der Waals surface area contributed by atoms with Crippen LogP contribution in [0.25, 0.3) is 0 Å². The van der Waals surface area contributed by atoms with E-state index in [0.29, 0.717) is 0 Å². The summed E-state index contributed by atoms with van der Waals surface area (Å²) >= 11 is 5.84. The summed E-state index contributed by atoms with van der Waals surface area (Å²) in [5, 5.41) is 9.95. The van der Waals surface area contributed by atoms with Gasteiger partial charge in [-0.2, -0.15) is 0 Å². The quantitative estimate of drug-likeness (QED) is 0.888. The van der Waals surface area contributed by atoms with Crippen LogP contribution in [-0.2, 0) is 12.8 Å². The molecule has 2 aromatic carbocycles. The first-order valence-corrected chi connectivity index (χ1v) is 6.29. The second-order valence-electron chi connectivity index (χ2n) is 4.46. The van der Waals surface area contributed by atoms with Crippen LogP contribution in [-0.4, -0.2) is 11.1 Å². The van der Waals surface area contributed by atoms with Crippen molar-refractivity contribution in [1.82, 2.24) is 0 Å². The molecule has 0 heterocycles. The fourth-order valence-electron chi connectivity index (χ4n) is 1.93. The van der Waals surface area contributed by atoms with E-state index in [1.807, 2.05) is 36.4 Å². The minimum absolute atomic E-state index is 0.0655. The molecule has 0 amide bonds. The highest BCUT2D eigenvalue weighted by atomic mass is 35.5. The number of hydrogen-bond donors (Lipinski definition) is 2. The van der Waals surface area contributed by atoms with E-state index in [4.69, 9.17) is 17.3 Å². The highest BCUT2D eigenvalue weighted by Crippen LogP contribution is 2.14. The summed E-state index contributed by atoms with van der Waals surface area (Å²) in [7, 11) is 0. The van der Waals surface area contributed by atoms with Gasteiger partial charge in [-0.3, -0.25) is 0 Å². The van der Waals surface area contributed by atoms with Crippen molar-refractivity contribution in [2.75, 3.05) is 0 Å². The van der Waals surface area contributed by atoms with Gasteiger partial charge in [0.2, 0.25) is 0 Å². The minimum atomic E-state index is 0.0655. The van der Waals surface area contributed by atoms with Gasteiger partial charge in [-0.15, -0.1) is 0 Å². The summed E-state index contributed by atoms with van der Waals surface area (Å²) in [4.78, 5) is 0. The van der Waals surface area contributed by atoms with Gasteiger partial charge in [-0.25, -0.2) is 0 Å². The SMILES string of the molecule is NC(Cc1ccc(O)cc1)Cc1ccc(Cl)cc1. The molecule has 1 atom stereocenters. The third-order valence-electron chi connectivity index (χ3n) is 2.85. The van der Waals surface area contributed by atoms with Crippen LogP contribution in [0.1, 0.15) is 11.1 Å².